The molecule has 0 radical (unpaired) electrons. The maximum absolute atomic E-state index is 5.42. The van der Waals surface area contributed by atoms with Crippen molar-refractivity contribution in [3.05, 3.63) is 18.6 Å². The van der Waals surface area contributed by atoms with Crippen LogP contribution in [0.25, 0.3) is 11.4 Å². The van der Waals surface area contributed by atoms with Crippen molar-refractivity contribution >= 4 is 5.88 Å². The molecule has 0 saturated heterocycles. The summed E-state index contributed by atoms with van der Waals surface area (Å²) in [7, 11) is 0. The second-order valence-electron chi connectivity index (χ2n) is 2.68. The highest BCUT2D eigenvalue weighted by Gasteiger charge is 2.08. The second-order valence-corrected chi connectivity index (χ2v) is 2.68. The van der Waals surface area contributed by atoms with Crippen LogP contribution in [0.1, 0.15) is 6.92 Å². The van der Waals surface area contributed by atoms with Crippen LogP contribution in [-0.4, -0.2) is 14.7 Å². The SMILES string of the molecule is CCn1cncc1-c1cc(N)on1. The van der Waals surface area contributed by atoms with Crippen LogP contribution >= 0.6 is 0 Å². The third kappa shape index (κ3) is 1.28. The van der Waals surface area contributed by atoms with Gasteiger partial charge in [-0.3, -0.25) is 0 Å². The average Bonchev–Trinajstić information content (AvgIpc) is 2.71. The van der Waals surface area contributed by atoms with Crippen molar-refractivity contribution < 1.29 is 4.52 Å². The number of imidazole rings is 1. The topological polar surface area (TPSA) is 69.9 Å². The van der Waals surface area contributed by atoms with Crippen molar-refractivity contribution in [2.75, 3.05) is 5.73 Å². The lowest BCUT2D eigenvalue weighted by Crippen LogP contribution is -1.94. The maximum atomic E-state index is 5.42. The van der Waals surface area contributed by atoms with Gasteiger partial charge in [-0.25, -0.2) is 4.98 Å². The Bertz CT molecular complexity index is 404. The van der Waals surface area contributed by atoms with E-state index in [1.807, 2.05) is 11.5 Å². The molecule has 0 aliphatic carbocycles. The summed E-state index contributed by atoms with van der Waals surface area (Å²) in [6, 6.07) is 1.68. The first-order chi connectivity index (χ1) is 6.31. The highest BCUT2D eigenvalue weighted by atomic mass is 16.5. The van der Waals surface area contributed by atoms with Crippen molar-refractivity contribution in [3.8, 4) is 11.4 Å². The van der Waals surface area contributed by atoms with Crippen molar-refractivity contribution in [2.24, 2.45) is 0 Å². The Balaban J connectivity index is 2.45. The van der Waals surface area contributed by atoms with Crippen LogP contribution in [0.4, 0.5) is 5.88 Å². The van der Waals surface area contributed by atoms with E-state index in [1.54, 1.807) is 18.6 Å². The van der Waals surface area contributed by atoms with Crippen LogP contribution in [0.3, 0.4) is 0 Å². The summed E-state index contributed by atoms with van der Waals surface area (Å²) in [5, 5.41) is 3.81. The Labute approximate surface area is 75.2 Å². The summed E-state index contributed by atoms with van der Waals surface area (Å²) in [5.41, 5.74) is 7.06. The van der Waals surface area contributed by atoms with Crippen LogP contribution < -0.4 is 5.73 Å². The standard InChI is InChI=1S/C8H10N4O/c1-2-12-5-10-4-7(12)6-3-8(9)13-11-6/h3-5H,2,9H2,1H3. The fraction of sp³-hybridized carbons (Fsp3) is 0.250. The number of aromatic nitrogens is 3. The second kappa shape index (κ2) is 2.93. The van der Waals surface area contributed by atoms with Gasteiger partial charge in [0, 0.05) is 12.6 Å². The summed E-state index contributed by atoms with van der Waals surface area (Å²) < 4.78 is 6.74. The van der Waals surface area contributed by atoms with E-state index >= 15 is 0 Å². The zero-order chi connectivity index (χ0) is 9.26. The first kappa shape index (κ1) is 7.85. The molecule has 0 spiro atoms. The van der Waals surface area contributed by atoms with Gasteiger partial charge in [0.15, 0.2) is 0 Å². The maximum Gasteiger partial charge on any atom is 0.222 e. The molecule has 0 amide bonds. The number of hydrogen-bond donors (Lipinski definition) is 1. The van der Waals surface area contributed by atoms with Crippen LogP contribution in [-0.2, 0) is 6.54 Å². The van der Waals surface area contributed by atoms with Crippen molar-refractivity contribution in [1.82, 2.24) is 14.7 Å². The normalized spacial score (nSPS) is 10.5. The molecule has 2 aromatic rings. The van der Waals surface area contributed by atoms with E-state index in [1.165, 1.54) is 0 Å². The minimum atomic E-state index is 0.318. The van der Waals surface area contributed by atoms with E-state index in [-0.39, 0.29) is 0 Å². The quantitative estimate of drug-likeness (QED) is 0.748. The van der Waals surface area contributed by atoms with Crippen LogP contribution in [0, 0.1) is 0 Å². The smallest absolute Gasteiger partial charge is 0.222 e. The Kier molecular flexibility index (Phi) is 1.77. The van der Waals surface area contributed by atoms with Crippen molar-refractivity contribution in [1.29, 1.82) is 0 Å². The van der Waals surface area contributed by atoms with E-state index < -0.39 is 0 Å². The Hall–Kier alpha value is -1.78. The predicted octanol–water partition coefficient (Wildman–Crippen LogP) is 1.14. The molecular formula is C8H10N4O. The Morgan fingerprint density at radius 2 is 2.46 bits per heavy atom. The number of rotatable bonds is 2. The number of hydrogen-bond acceptors (Lipinski definition) is 4. The number of aryl methyl sites for hydroxylation is 1. The summed E-state index contributed by atoms with van der Waals surface area (Å²) in [6.07, 6.45) is 3.49. The molecule has 0 saturated carbocycles. The predicted molar refractivity (Wildman–Crippen MR) is 47.8 cm³/mol. The van der Waals surface area contributed by atoms with E-state index in [2.05, 4.69) is 10.1 Å². The Morgan fingerprint density at radius 3 is 3.08 bits per heavy atom. The third-order valence-corrected chi connectivity index (χ3v) is 1.84. The molecule has 2 heterocycles. The zero-order valence-electron chi connectivity index (χ0n) is 7.27. The monoisotopic (exact) mass is 178 g/mol. The molecule has 68 valence electrons. The molecule has 2 aromatic heterocycles. The van der Waals surface area contributed by atoms with Gasteiger partial charge < -0.3 is 14.8 Å². The number of anilines is 1. The Morgan fingerprint density at radius 1 is 1.62 bits per heavy atom. The van der Waals surface area contributed by atoms with Crippen molar-refractivity contribution in [2.45, 2.75) is 13.5 Å². The minimum absolute atomic E-state index is 0.318. The molecule has 2 N–H and O–H groups in total. The van der Waals surface area contributed by atoms with Gasteiger partial charge in [-0.2, -0.15) is 0 Å². The highest BCUT2D eigenvalue weighted by molar-refractivity contribution is 5.56. The summed E-state index contributed by atoms with van der Waals surface area (Å²) >= 11 is 0. The molecule has 0 aliphatic heterocycles. The van der Waals surface area contributed by atoms with Gasteiger partial charge >= 0.3 is 0 Å². The number of nitrogens with two attached hydrogens (primary N) is 1. The molecule has 0 aromatic carbocycles. The molecule has 0 unspecified atom stereocenters. The van der Waals surface area contributed by atoms with E-state index in [0.717, 1.165) is 17.9 Å². The molecule has 0 bridgehead atoms. The fourth-order valence-electron chi connectivity index (χ4n) is 1.20. The largest absolute Gasteiger partial charge is 0.368 e. The molecule has 0 atom stereocenters. The van der Waals surface area contributed by atoms with Crippen LogP contribution in [0.5, 0.6) is 0 Å². The van der Waals surface area contributed by atoms with Gasteiger partial charge in [-0.1, -0.05) is 5.16 Å². The van der Waals surface area contributed by atoms with Crippen LogP contribution in [0.15, 0.2) is 23.1 Å². The number of nitrogens with zero attached hydrogens (tertiary/aromatic N) is 3. The average molecular weight is 178 g/mol. The lowest BCUT2D eigenvalue weighted by atomic mass is 10.3. The lowest BCUT2D eigenvalue weighted by molar-refractivity contribution is 0.438. The zero-order valence-corrected chi connectivity index (χ0v) is 7.27. The van der Waals surface area contributed by atoms with E-state index in [4.69, 9.17) is 10.3 Å². The summed E-state index contributed by atoms with van der Waals surface area (Å²) in [5.74, 6) is 0.318. The molecule has 0 fully saturated rings. The van der Waals surface area contributed by atoms with Gasteiger partial charge in [0.25, 0.3) is 0 Å². The van der Waals surface area contributed by atoms with Crippen LogP contribution in [0.2, 0.25) is 0 Å². The van der Waals surface area contributed by atoms with Gasteiger partial charge in [-0.05, 0) is 6.92 Å². The number of nitrogen functional groups attached to an aromatic ring is 1. The fourth-order valence-corrected chi connectivity index (χ4v) is 1.20. The first-order valence-corrected chi connectivity index (χ1v) is 4.04. The molecule has 5 heteroatoms. The molecular weight excluding hydrogens is 168 g/mol. The van der Waals surface area contributed by atoms with Gasteiger partial charge in [0.1, 0.15) is 5.69 Å². The molecule has 5 nitrogen and oxygen atoms in total. The third-order valence-electron chi connectivity index (χ3n) is 1.84. The minimum Gasteiger partial charge on any atom is -0.368 e. The molecule has 13 heavy (non-hydrogen) atoms. The summed E-state index contributed by atoms with van der Waals surface area (Å²) in [6.45, 7) is 2.89. The molecule has 2 rings (SSSR count). The lowest BCUT2D eigenvalue weighted by Gasteiger charge is -1.99. The van der Waals surface area contributed by atoms with E-state index in [0.29, 0.717) is 5.88 Å². The van der Waals surface area contributed by atoms with Gasteiger partial charge in [-0.15, -0.1) is 0 Å². The molecule has 0 aliphatic rings. The van der Waals surface area contributed by atoms with Crippen molar-refractivity contribution in [3.63, 3.8) is 0 Å². The summed E-state index contributed by atoms with van der Waals surface area (Å²) in [4.78, 5) is 4.02. The highest BCUT2D eigenvalue weighted by Crippen LogP contribution is 2.19. The van der Waals surface area contributed by atoms with Gasteiger partial charge in [0.2, 0.25) is 5.88 Å². The van der Waals surface area contributed by atoms with Gasteiger partial charge in [0.05, 0.1) is 18.2 Å². The first-order valence-electron chi connectivity index (χ1n) is 4.04. The van der Waals surface area contributed by atoms with E-state index in [9.17, 15) is 0 Å².